The monoisotopic (exact) mass is 289 g/mol. The van der Waals surface area contributed by atoms with E-state index in [1.54, 1.807) is 6.92 Å². The second-order valence-electron chi connectivity index (χ2n) is 4.43. The van der Waals surface area contributed by atoms with E-state index >= 15 is 0 Å². The van der Waals surface area contributed by atoms with Crippen molar-refractivity contribution in [3.63, 3.8) is 0 Å². The Kier molecular flexibility index (Phi) is 5.49. The van der Waals surface area contributed by atoms with Crippen molar-refractivity contribution in [3.05, 3.63) is 12.4 Å². The molecule has 0 spiro atoms. The largest absolute Gasteiger partial charge is 0.480 e. The first kappa shape index (κ1) is 15.6. The molecule has 108 valence electrons. The molecule has 1 unspecified atom stereocenters. The molecule has 1 aromatic rings. The van der Waals surface area contributed by atoms with Gasteiger partial charge < -0.3 is 5.11 Å². The van der Waals surface area contributed by atoms with Crippen LogP contribution in [-0.2, 0) is 21.4 Å². The van der Waals surface area contributed by atoms with Gasteiger partial charge in [-0.25, -0.2) is 13.1 Å². The van der Waals surface area contributed by atoms with E-state index in [-0.39, 0.29) is 17.5 Å². The summed E-state index contributed by atoms with van der Waals surface area (Å²) in [7, 11) is -3.63. The van der Waals surface area contributed by atoms with Crippen LogP contribution in [0.25, 0.3) is 0 Å². The summed E-state index contributed by atoms with van der Waals surface area (Å²) in [6, 6.07) is -0.159. The molecule has 2 N–H and O–H groups in total. The van der Waals surface area contributed by atoms with E-state index in [4.69, 9.17) is 5.11 Å². The second kappa shape index (κ2) is 6.67. The van der Waals surface area contributed by atoms with E-state index in [0.29, 0.717) is 0 Å². The van der Waals surface area contributed by atoms with Gasteiger partial charge in [0, 0.05) is 12.2 Å². The lowest BCUT2D eigenvalue weighted by Crippen LogP contribution is -2.32. The highest BCUT2D eigenvalue weighted by molar-refractivity contribution is 7.89. The molecule has 0 radical (unpaired) electrons. The number of aromatic nitrogens is 2. The molecule has 1 heterocycles. The van der Waals surface area contributed by atoms with Gasteiger partial charge in [-0.15, -0.1) is 0 Å². The first-order valence-corrected chi connectivity index (χ1v) is 7.60. The molecule has 0 aliphatic heterocycles. The maximum absolute atomic E-state index is 12.0. The summed E-state index contributed by atoms with van der Waals surface area (Å²) >= 11 is 0. The normalized spacial score (nSPS) is 13.4. The van der Waals surface area contributed by atoms with E-state index in [1.807, 2.05) is 6.92 Å². The quantitative estimate of drug-likeness (QED) is 0.738. The lowest BCUT2D eigenvalue weighted by molar-refractivity contribution is -0.137. The number of carbonyl (C=O) groups is 1. The van der Waals surface area contributed by atoms with E-state index in [0.717, 1.165) is 30.1 Å². The van der Waals surface area contributed by atoms with Gasteiger partial charge in [0.15, 0.2) is 0 Å². The lowest BCUT2D eigenvalue weighted by atomic mass is 10.2. The average molecular weight is 289 g/mol. The minimum absolute atomic E-state index is 0.0166. The predicted molar refractivity (Wildman–Crippen MR) is 69.2 cm³/mol. The molecule has 8 heteroatoms. The zero-order chi connectivity index (χ0) is 14.5. The number of sulfonamides is 1. The molecule has 0 bridgehead atoms. The first-order valence-electron chi connectivity index (χ1n) is 6.11. The Morgan fingerprint density at radius 2 is 2.26 bits per heavy atom. The van der Waals surface area contributed by atoms with Crippen LogP contribution in [0.3, 0.4) is 0 Å². The van der Waals surface area contributed by atoms with Gasteiger partial charge in [-0.1, -0.05) is 19.8 Å². The molecule has 0 fully saturated rings. The molecule has 1 rings (SSSR count). The van der Waals surface area contributed by atoms with Gasteiger partial charge in [0.1, 0.15) is 11.4 Å². The van der Waals surface area contributed by atoms with Crippen LogP contribution in [0.2, 0.25) is 0 Å². The smallest absolute Gasteiger partial charge is 0.325 e. The zero-order valence-electron chi connectivity index (χ0n) is 11.0. The van der Waals surface area contributed by atoms with Gasteiger partial charge in [-0.05, 0) is 13.3 Å². The number of aliphatic carboxylic acids is 1. The summed E-state index contributed by atoms with van der Waals surface area (Å²) in [5.74, 6) is -1.07. The van der Waals surface area contributed by atoms with Crippen LogP contribution in [0.15, 0.2) is 17.3 Å². The first-order chi connectivity index (χ1) is 8.85. The molecule has 0 aromatic carbocycles. The summed E-state index contributed by atoms with van der Waals surface area (Å²) in [4.78, 5) is 10.5. The van der Waals surface area contributed by atoms with Crippen molar-refractivity contribution < 1.29 is 18.3 Å². The number of nitrogens with zero attached hydrogens (tertiary/aromatic N) is 2. The molecular formula is C11H19N3O4S. The lowest BCUT2D eigenvalue weighted by Gasteiger charge is -2.12. The topological polar surface area (TPSA) is 101 Å². The molecule has 0 saturated carbocycles. The Bertz CT molecular complexity index is 524. The summed E-state index contributed by atoms with van der Waals surface area (Å²) < 4.78 is 27.6. The molecule has 7 nitrogen and oxygen atoms in total. The maximum Gasteiger partial charge on any atom is 0.325 e. The summed E-state index contributed by atoms with van der Waals surface area (Å²) in [5, 5.41) is 12.3. The Morgan fingerprint density at radius 3 is 2.84 bits per heavy atom. The number of hydrogen-bond acceptors (Lipinski definition) is 4. The SMILES string of the molecule is CCCCC(C)NS(=O)(=O)c1cnn(CC(=O)O)c1. The van der Waals surface area contributed by atoms with Crippen LogP contribution in [-0.4, -0.2) is 35.3 Å². The number of carboxylic acids is 1. The fraction of sp³-hybridized carbons (Fsp3) is 0.636. The average Bonchev–Trinajstić information content (AvgIpc) is 2.74. The molecule has 0 aliphatic carbocycles. The Hall–Kier alpha value is -1.41. The predicted octanol–water partition coefficient (Wildman–Crippen LogP) is 0.825. The summed E-state index contributed by atoms with van der Waals surface area (Å²) in [6.45, 7) is 3.48. The van der Waals surface area contributed by atoms with Crippen molar-refractivity contribution in [1.29, 1.82) is 0 Å². The maximum atomic E-state index is 12.0. The van der Waals surface area contributed by atoms with Gasteiger partial charge >= 0.3 is 5.97 Å². The van der Waals surface area contributed by atoms with Gasteiger partial charge in [0.25, 0.3) is 0 Å². The number of hydrogen-bond donors (Lipinski definition) is 2. The third-order valence-corrected chi connectivity index (χ3v) is 4.11. The fourth-order valence-electron chi connectivity index (χ4n) is 1.61. The second-order valence-corrected chi connectivity index (χ2v) is 6.15. The third-order valence-electron chi connectivity index (χ3n) is 2.56. The zero-order valence-corrected chi connectivity index (χ0v) is 11.9. The molecule has 0 aliphatic rings. The molecular weight excluding hydrogens is 270 g/mol. The molecule has 0 saturated heterocycles. The highest BCUT2D eigenvalue weighted by atomic mass is 32.2. The number of unbranched alkanes of at least 4 members (excludes halogenated alkanes) is 1. The van der Waals surface area contributed by atoms with Crippen LogP contribution in [0.4, 0.5) is 0 Å². The summed E-state index contributed by atoms with van der Waals surface area (Å²) in [5.41, 5.74) is 0. The van der Waals surface area contributed by atoms with Crippen LogP contribution in [0, 0.1) is 0 Å². The van der Waals surface area contributed by atoms with E-state index in [1.165, 1.54) is 6.20 Å². The minimum Gasteiger partial charge on any atom is -0.480 e. The summed E-state index contributed by atoms with van der Waals surface area (Å²) in [6.07, 6.45) is 5.07. The Morgan fingerprint density at radius 1 is 1.58 bits per heavy atom. The van der Waals surface area contributed by atoms with Gasteiger partial charge in [0.05, 0.1) is 6.20 Å². The van der Waals surface area contributed by atoms with Crippen molar-refractivity contribution in [2.45, 2.75) is 50.6 Å². The number of carboxylic acid groups (broad SMARTS) is 1. The minimum atomic E-state index is -3.63. The Balaban J connectivity index is 2.71. The molecule has 1 atom stereocenters. The van der Waals surface area contributed by atoms with Crippen molar-refractivity contribution in [3.8, 4) is 0 Å². The van der Waals surface area contributed by atoms with Gasteiger partial charge in [0.2, 0.25) is 10.0 Å². The number of nitrogens with one attached hydrogen (secondary N) is 1. The third kappa shape index (κ3) is 4.99. The van der Waals surface area contributed by atoms with E-state index in [9.17, 15) is 13.2 Å². The van der Waals surface area contributed by atoms with Crippen LogP contribution >= 0.6 is 0 Å². The molecule has 1 aromatic heterocycles. The highest BCUT2D eigenvalue weighted by Crippen LogP contribution is 2.09. The van der Waals surface area contributed by atoms with Crippen LogP contribution in [0.5, 0.6) is 0 Å². The van der Waals surface area contributed by atoms with Gasteiger partial charge in [-0.2, -0.15) is 5.10 Å². The van der Waals surface area contributed by atoms with E-state index < -0.39 is 16.0 Å². The Labute approximate surface area is 112 Å². The number of rotatable bonds is 8. The van der Waals surface area contributed by atoms with E-state index in [2.05, 4.69) is 9.82 Å². The standard InChI is InChI=1S/C11H19N3O4S/c1-3-4-5-9(2)13-19(17,18)10-6-12-14(7-10)8-11(15)16/h6-7,9,13H,3-5,8H2,1-2H3,(H,15,16). The van der Waals surface area contributed by atoms with Crippen LogP contribution < -0.4 is 4.72 Å². The fourth-order valence-corrected chi connectivity index (χ4v) is 2.84. The van der Waals surface area contributed by atoms with Gasteiger partial charge in [-0.3, -0.25) is 9.48 Å². The van der Waals surface area contributed by atoms with Crippen molar-refractivity contribution in [2.24, 2.45) is 0 Å². The molecule has 0 amide bonds. The van der Waals surface area contributed by atoms with Crippen molar-refractivity contribution in [2.75, 3.05) is 0 Å². The highest BCUT2D eigenvalue weighted by Gasteiger charge is 2.19. The van der Waals surface area contributed by atoms with Crippen LogP contribution in [0.1, 0.15) is 33.1 Å². The van der Waals surface area contributed by atoms with Crippen molar-refractivity contribution in [1.82, 2.24) is 14.5 Å². The molecule has 19 heavy (non-hydrogen) atoms. The van der Waals surface area contributed by atoms with Crippen molar-refractivity contribution >= 4 is 16.0 Å².